The highest BCUT2D eigenvalue weighted by molar-refractivity contribution is 7.90. The number of hydrogen-bond donors (Lipinski definition) is 1. The molecule has 2 aromatic carbocycles. The Morgan fingerprint density at radius 2 is 1.81 bits per heavy atom. The van der Waals surface area contributed by atoms with E-state index in [1.807, 2.05) is 0 Å². The summed E-state index contributed by atoms with van der Waals surface area (Å²) >= 11 is 0. The van der Waals surface area contributed by atoms with Crippen LogP contribution in [0.5, 0.6) is 0 Å². The van der Waals surface area contributed by atoms with Crippen molar-refractivity contribution in [3.8, 4) is 11.3 Å². The molecule has 1 N–H and O–H groups in total. The van der Waals surface area contributed by atoms with Crippen LogP contribution in [-0.2, 0) is 26.1 Å². The fourth-order valence-electron chi connectivity index (χ4n) is 3.39. The molecule has 0 aliphatic rings. The van der Waals surface area contributed by atoms with Gasteiger partial charge in [0.15, 0.2) is 0 Å². The number of aromatic nitrogens is 1. The van der Waals surface area contributed by atoms with Crippen molar-refractivity contribution in [2.24, 2.45) is 0 Å². The number of hydrogen-bond acceptors (Lipinski definition) is 5. The quantitative estimate of drug-likeness (QED) is 0.445. The van der Waals surface area contributed by atoms with Gasteiger partial charge in [0.1, 0.15) is 11.4 Å². The third-order valence-corrected chi connectivity index (χ3v) is 6.62. The van der Waals surface area contributed by atoms with Crippen molar-refractivity contribution in [1.82, 2.24) is 8.87 Å². The number of benzene rings is 2. The van der Waals surface area contributed by atoms with E-state index in [0.717, 1.165) is 10.0 Å². The average molecular weight is 515 g/mol. The topological polar surface area (TPSA) is 106 Å². The van der Waals surface area contributed by atoms with Crippen LogP contribution in [-0.4, -0.2) is 47.1 Å². The van der Waals surface area contributed by atoms with Crippen molar-refractivity contribution in [2.45, 2.75) is 37.8 Å². The van der Waals surface area contributed by atoms with E-state index < -0.39 is 33.5 Å². The molecule has 8 nitrogen and oxygen atoms in total. The Morgan fingerprint density at radius 3 is 2.44 bits per heavy atom. The summed E-state index contributed by atoms with van der Waals surface area (Å²) in [4.78, 5) is 24.4. The first-order valence-corrected chi connectivity index (χ1v) is 12.4. The van der Waals surface area contributed by atoms with Gasteiger partial charge in [0, 0.05) is 24.9 Å². The Hall–Kier alpha value is -3.92. The van der Waals surface area contributed by atoms with Crippen molar-refractivity contribution >= 4 is 28.2 Å². The molecule has 0 bridgehead atoms. The summed E-state index contributed by atoms with van der Waals surface area (Å²) in [6.07, 6.45) is 2.91. The second-order valence-corrected chi connectivity index (χ2v) is 10.9. The van der Waals surface area contributed by atoms with E-state index in [9.17, 15) is 22.4 Å². The lowest BCUT2D eigenvalue weighted by Gasteiger charge is -2.24. The summed E-state index contributed by atoms with van der Waals surface area (Å²) in [5.41, 5.74) is 0.232. The van der Waals surface area contributed by atoms with Gasteiger partial charge in [0.25, 0.3) is 10.0 Å². The molecule has 0 atom stereocenters. The van der Waals surface area contributed by atoms with Crippen molar-refractivity contribution in [2.75, 3.05) is 7.05 Å². The summed E-state index contributed by atoms with van der Waals surface area (Å²) in [6.45, 7) is 5.22. The summed E-state index contributed by atoms with van der Waals surface area (Å²) in [5.74, 6) is -1.79. The molecule has 0 unspecified atom stereocenters. The van der Waals surface area contributed by atoms with Gasteiger partial charge in [-0.2, -0.15) is 0 Å². The van der Waals surface area contributed by atoms with Gasteiger partial charge in [-0.05, 0) is 68.3 Å². The van der Waals surface area contributed by atoms with Crippen LogP contribution in [0.25, 0.3) is 17.3 Å². The van der Waals surface area contributed by atoms with E-state index in [1.54, 1.807) is 32.9 Å². The number of amides is 1. The van der Waals surface area contributed by atoms with Gasteiger partial charge < -0.3 is 14.7 Å². The van der Waals surface area contributed by atoms with Gasteiger partial charge in [0.2, 0.25) is 0 Å². The van der Waals surface area contributed by atoms with Crippen LogP contribution in [0.15, 0.2) is 71.8 Å². The predicted molar refractivity (Wildman–Crippen MR) is 133 cm³/mol. The van der Waals surface area contributed by atoms with Crippen LogP contribution in [0, 0.1) is 5.82 Å². The van der Waals surface area contributed by atoms with E-state index >= 15 is 0 Å². The molecule has 1 aromatic heterocycles. The molecule has 0 aliphatic carbocycles. The second-order valence-electron chi connectivity index (χ2n) is 9.09. The summed E-state index contributed by atoms with van der Waals surface area (Å²) < 4.78 is 48.3. The molecule has 0 saturated carbocycles. The molecule has 36 heavy (non-hydrogen) atoms. The molecule has 0 spiro atoms. The number of aliphatic carboxylic acids is 1. The number of carbonyl (C=O) groups is 2. The second kappa shape index (κ2) is 10.4. The van der Waals surface area contributed by atoms with Crippen LogP contribution in [0.3, 0.4) is 0 Å². The molecule has 0 saturated heterocycles. The Bertz CT molecular complexity index is 1420. The van der Waals surface area contributed by atoms with Gasteiger partial charge >= 0.3 is 12.1 Å². The molecule has 3 aromatic rings. The molecular formula is C26H27FN2O6S. The fraction of sp³-hybridized carbons (Fsp3) is 0.231. The van der Waals surface area contributed by atoms with Gasteiger partial charge in [-0.1, -0.05) is 24.3 Å². The van der Waals surface area contributed by atoms with Crippen molar-refractivity contribution in [3.05, 3.63) is 83.8 Å². The number of carboxylic acids is 1. The largest absolute Gasteiger partial charge is 0.478 e. The molecular weight excluding hydrogens is 487 g/mol. The Kier molecular flexibility index (Phi) is 7.68. The smallest absolute Gasteiger partial charge is 0.410 e. The lowest BCUT2D eigenvalue weighted by molar-refractivity contribution is -0.131. The highest BCUT2D eigenvalue weighted by Crippen LogP contribution is 2.30. The predicted octanol–water partition coefficient (Wildman–Crippen LogP) is 5.00. The van der Waals surface area contributed by atoms with Crippen molar-refractivity contribution in [1.29, 1.82) is 0 Å². The van der Waals surface area contributed by atoms with Crippen LogP contribution in [0.2, 0.25) is 0 Å². The number of halogens is 1. The zero-order chi connectivity index (χ0) is 26.7. The molecule has 3 rings (SSSR count). The zero-order valence-electron chi connectivity index (χ0n) is 20.3. The SMILES string of the molecule is CN(Cc1cc(-c2ccccc2F)n(S(=O)(=O)c2cccc(/C=C/C(=O)O)c2)c1)C(=O)OC(C)(C)C. The maximum atomic E-state index is 14.7. The van der Waals surface area contributed by atoms with Crippen LogP contribution in [0.1, 0.15) is 31.9 Å². The third kappa shape index (κ3) is 6.39. The molecule has 0 radical (unpaired) electrons. The maximum Gasteiger partial charge on any atom is 0.410 e. The number of carbonyl (C=O) groups excluding carboxylic acids is 1. The molecule has 1 heterocycles. The highest BCUT2D eigenvalue weighted by Gasteiger charge is 2.25. The Balaban J connectivity index is 2.08. The Labute approximate surface area is 209 Å². The van der Waals surface area contributed by atoms with Crippen molar-refractivity contribution < 1.29 is 32.2 Å². The standard InChI is InChI=1S/C26H27FN2O6S/c1-26(2,3)35-25(32)28(4)16-19-15-23(21-10-5-6-11-22(21)27)29(17-19)36(33,34)20-9-7-8-18(14-20)12-13-24(30)31/h5-15,17H,16H2,1-4H3,(H,30,31)/b13-12+. The van der Waals surface area contributed by atoms with Gasteiger partial charge in [0.05, 0.1) is 17.1 Å². The van der Waals surface area contributed by atoms with Crippen molar-refractivity contribution in [3.63, 3.8) is 0 Å². The molecule has 190 valence electrons. The summed E-state index contributed by atoms with van der Waals surface area (Å²) in [7, 11) is -2.71. The molecule has 0 aliphatic heterocycles. The number of ether oxygens (including phenoxy) is 1. The Morgan fingerprint density at radius 1 is 1.11 bits per heavy atom. The van der Waals surface area contributed by atoms with Crippen LogP contribution in [0.4, 0.5) is 9.18 Å². The van der Waals surface area contributed by atoms with E-state index in [2.05, 4.69) is 0 Å². The first-order valence-electron chi connectivity index (χ1n) is 10.9. The van der Waals surface area contributed by atoms with E-state index in [-0.39, 0.29) is 22.7 Å². The highest BCUT2D eigenvalue weighted by atomic mass is 32.2. The molecule has 1 amide bonds. The number of nitrogens with zero attached hydrogens (tertiary/aromatic N) is 2. The zero-order valence-corrected chi connectivity index (χ0v) is 21.1. The van der Waals surface area contributed by atoms with E-state index in [1.165, 1.54) is 66.7 Å². The lowest BCUT2D eigenvalue weighted by atomic mass is 10.1. The average Bonchev–Trinajstić information content (AvgIpc) is 3.21. The monoisotopic (exact) mass is 514 g/mol. The van der Waals surface area contributed by atoms with Crippen LogP contribution < -0.4 is 0 Å². The van der Waals surface area contributed by atoms with E-state index in [0.29, 0.717) is 11.1 Å². The van der Waals surface area contributed by atoms with Crippen LogP contribution >= 0.6 is 0 Å². The van der Waals surface area contributed by atoms with Gasteiger partial charge in [-0.3, -0.25) is 0 Å². The minimum absolute atomic E-state index is 0.0142. The number of rotatable bonds is 7. The molecule has 0 fully saturated rings. The first kappa shape index (κ1) is 26.7. The first-order chi connectivity index (χ1) is 16.8. The summed E-state index contributed by atoms with van der Waals surface area (Å²) in [6, 6.07) is 13.0. The minimum atomic E-state index is -4.23. The fourth-order valence-corrected chi connectivity index (χ4v) is 4.83. The maximum absolute atomic E-state index is 14.7. The lowest BCUT2D eigenvalue weighted by Crippen LogP contribution is -2.33. The van der Waals surface area contributed by atoms with Gasteiger partial charge in [-0.15, -0.1) is 0 Å². The summed E-state index contributed by atoms with van der Waals surface area (Å²) in [5, 5.41) is 8.86. The normalized spacial score (nSPS) is 12.0. The third-order valence-electron chi connectivity index (χ3n) is 4.95. The van der Waals surface area contributed by atoms with Gasteiger partial charge in [-0.25, -0.2) is 26.4 Å². The minimum Gasteiger partial charge on any atom is -0.478 e. The molecule has 10 heteroatoms. The van der Waals surface area contributed by atoms with E-state index in [4.69, 9.17) is 9.84 Å². The number of carboxylic acid groups (broad SMARTS) is 1.